The maximum absolute atomic E-state index is 10.8. The number of fused-ring (bicyclic) bond motifs is 2. The molecule has 0 aromatic carbocycles. The maximum Gasteiger partial charge on any atom is 0.307 e. The molecule has 1 saturated carbocycles. The number of carboxylic acids is 1. The molecule has 2 rings (SSSR count). The molecule has 1 aliphatic carbocycles. The molecule has 1 N–H and O–H groups in total. The van der Waals surface area contributed by atoms with Gasteiger partial charge in [0, 0.05) is 19.6 Å². The van der Waals surface area contributed by atoms with Gasteiger partial charge < -0.3 is 10.0 Å². The minimum Gasteiger partial charge on any atom is -0.481 e. The topological polar surface area (TPSA) is 40.5 Å². The second kappa shape index (κ2) is 4.52. The summed E-state index contributed by atoms with van der Waals surface area (Å²) < 4.78 is 0. The van der Waals surface area contributed by atoms with E-state index >= 15 is 0 Å². The first-order valence-corrected chi connectivity index (χ1v) is 6.10. The van der Waals surface area contributed by atoms with Gasteiger partial charge in [0.25, 0.3) is 0 Å². The van der Waals surface area contributed by atoms with E-state index in [-0.39, 0.29) is 5.92 Å². The van der Waals surface area contributed by atoms with Crippen LogP contribution in [0.1, 0.15) is 32.6 Å². The number of aliphatic carboxylic acids is 1. The van der Waals surface area contributed by atoms with Crippen molar-refractivity contribution < 1.29 is 9.90 Å². The Morgan fingerprint density at radius 2 is 2.00 bits per heavy atom. The molecule has 1 aliphatic heterocycles. The number of hydrogen-bond acceptors (Lipinski definition) is 2. The van der Waals surface area contributed by atoms with Crippen LogP contribution >= 0.6 is 0 Å². The molecule has 3 unspecified atom stereocenters. The van der Waals surface area contributed by atoms with E-state index < -0.39 is 5.97 Å². The minimum absolute atomic E-state index is 0.219. The lowest BCUT2D eigenvalue weighted by atomic mass is 9.78. The molecule has 0 aromatic rings. The van der Waals surface area contributed by atoms with Crippen molar-refractivity contribution in [2.45, 2.75) is 32.6 Å². The number of hydrogen-bond donors (Lipinski definition) is 1. The average molecular weight is 211 g/mol. The first-order chi connectivity index (χ1) is 7.15. The molecule has 15 heavy (non-hydrogen) atoms. The number of rotatable bonds is 3. The van der Waals surface area contributed by atoms with Crippen LogP contribution in [0.3, 0.4) is 0 Å². The Labute approximate surface area is 91.5 Å². The fourth-order valence-corrected chi connectivity index (χ4v) is 3.15. The van der Waals surface area contributed by atoms with Gasteiger partial charge in [-0.25, -0.2) is 0 Å². The third-order valence-electron chi connectivity index (χ3n) is 3.88. The van der Waals surface area contributed by atoms with E-state index in [1.54, 1.807) is 0 Å². The number of piperidine rings is 1. The Bertz CT molecular complexity index is 230. The van der Waals surface area contributed by atoms with Crippen molar-refractivity contribution in [1.82, 2.24) is 4.90 Å². The fraction of sp³-hybridized carbons (Fsp3) is 0.917. The largest absolute Gasteiger partial charge is 0.481 e. The van der Waals surface area contributed by atoms with Crippen LogP contribution in [0.2, 0.25) is 0 Å². The van der Waals surface area contributed by atoms with Gasteiger partial charge in [0.05, 0.1) is 5.92 Å². The van der Waals surface area contributed by atoms with E-state index in [4.69, 9.17) is 5.11 Å². The molecule has 0 aromatic heterocycles. The minimum atomic E-state index is -0.661. The SMILES string of the molecule is CC(CN1CC2CCCC(C2)C1)C(=O)O. The van der Waals surface area contributed by atoms with Crippen molar-refractivity contribution in [3.63, 3.8) is 0 Å². The van der Waals surface area contributed by atoms with Gasteiger partial charge in [-0.3, -0.25) is 4.79 Å². The summed E-state index contributed by atoms with van der Waals surface area (Å²) in [6.45, 7) is 4.82. The highest BCUT2D eigenvalue weighted by Gasteiger charge is 2.31. The summed E-state index contributed by atoms with van der Waals surface area (Å²) in [5.74, 6) is 0.812. The predicted octanol–water partition coefficient (Wildman–Crippen LogP) is 1.83. The zero-order chi connectivity index (χ0) is 10.8. The molecular weight excluding hydrogens is 190 g/mol. The monoisotopic (exact) mass is 211 g/mol. The van der Waals surface area contributed by atoms with E-state index in [0.29, 0.717) is 0 Å². The van der Waals surface area contributed by atoms with Gasteiger partial charge in [-0.1, -0.05) is 13.3 Å². The van der Waals surface area contributed by atoms with Gasteiger partial charge in [-0.15, -0.1) is 0 Å². The maximum atomic E-state index is 10.8. The molecule has 3 heteroatoms. The first kappa shape index (κ1) is 10.9. The molecule has 3 atom stereocenters. The predicted molar refractivity (Wildman–Crippen MR) is 58.7 cm³/mol. The summed E-state index contributed by atoms with van der Waals surface area (Å²) >= 11 is 0. The Balaban J connectivity index is 1.86. The van der Waals surface area contributed by atoms with Gasteiger partial charge in [0.2, 0.25) is 0 Å². The van der Waals surface area contributed by atoms with E-state index in [9.17, 15) is 4.79 Å². The lowest BCUT2D eigenvalue weighted by molar-refractivity contribution is -0.142. The Kier molecular flexibility index (Phi) is 3.29. The standard InChI is InChI=1S/C12H21NO2/c1-9(12(14)15)6-13-7-10-3-2-4-11(5-10)8-13/h9-11H,2-8H2,1H3,(H,14,15). The summed E-state index contributed by atoms with van der Waals surface area (Å²) in [6, 6.07) is 0. The van der Waals surface area contributed by atoms with E-state index in [0.717, 1.165) is 31.5 Å². The van der Waals surface area contributed by atoms with Crippen LogP contribution in [0, 0.1) is 17.8 Å². The van der Waals surface area contributed by atoms with Crippen molar-refractivity contribution >= 4 is 5.97 Å². The van der Waals surface area contributed by atoms with Crippen molar-refractivity contribution in [2.24, 2.45) is 17.8 Å². The summed E-state index contributed by atoms with van der Waals surface area (Å²) in [5, 5.41) is 8.89. The number of likely N-dealkylation sites (tertiary alicyclic amines) is 1. The van der Waals surface area contributed by atoms with Gasteiger partial charge >= 0.3 is 5.97 Å². The highest BCUT2D eigenvalue weighted by molar-refractivity contribution is 5.69. The smallest absolute Gasteiger partial charge is 0.307 e. The summed E-state index contributed by atoms with van der Waals surface area (Å²) in [5.41, 5.74) is 0. The Morgan fingerprint density at radius 1 is 1.40 bits per heavy atom. The molecule has 2 bridgehead atoms. The number of carboxylic acid groups (broad SMARTS) is 1. The van der Waals surface area contributed by atoms with Crippen LogP contribution < -0.4 is 0 Å². The third kappa shape index (κ3) is 2.71. The van der Waals surface area contributed by atoms with Crippen molar-refractivity contribution in [3.05, 3.63) is 0 Å². The van der Waals surface area contributed by atoms with Crippen LogP contribution in [0.25, 0.3) is 0 Å². The zero-order valence-electron chi connectivity index (χ0n) is 9.48. The lowest BCUT2D eigenvalue weighted by Gasteiger charge is -2.41. The normalized spacial score (nSPS) is 33.7. The number of carbonyl (C=O) groups is 1. The lowest BCUT2D eigenvalue weighted by Crippen LogP contribution is -2.45. The third-order valence-corrected chi connectivity index (χ3v) is 3.88. The summed E-state index contributed by atoms with van der Waals surface area (Å²) in [4.78, 5) is 13.2. The van der Waals surface area contributed by atoms with Gasteiger partial charge in [0.1, 0.15) is 0 Å². The van der Waals surface area contributed by atoms with Crippen molar-refractivity contribution in [2.75, 3.05) is 19.6 Å². The van der Waals surface area contributed by atoms with Gasteiger partial charge in [-0.05, 0) is 31.1 Å². The van der Waals surface area contributed by atoms with E-state index in [1.807, 2.05) is 6.92 Å². The van der Waals surface area contributed by atoms with Crippen LogP contribution in [0.15, 0.2) is 0 Å². The van der Waals surface area contributed by atoms with Gasteiger partial charge in [0.15, 0.2) is 0 Å². The molecule has 0 radical (unpaired) electrons. The average Bonchev–Trinajstić information content (AvgIpc) is 2.16. The zero-order valence-corrected chi connectivity index (χ0v) is 9.48. The molecule has 3 nitrogen and oxygen atoms in total. The molecule has 86 valence electrons. The molecule has 0 spiro atoms. The quantitative estimate of drug-likeness (QED) is 0.774. The van der Waals surface area contributed by atoms with Crippen LogP contribution in [-0.2, 0) is 4.79 Å². The molecule has 1 heterocycles. The highest BCUT2D eigenvalue weighted by Crippen LogP contribution is 2.34. The van der Waals surface area contributed by atoms with Crippen LogP contribution in [0.5, 0.6) is 0 Å². The second-order valence-corrected chi connectivity index (χ2v) is 5.36. The van der Waals surface area contributed by atoms with E-state index in [1.165, 1.54) is 25.7 Å². The first-order valence-electron chi connectivity index (χ1n) is 6.10. The van der Waals surface area contributed by atoms with Crippen molar-refractivity contribution in [1.29, 1.82) is 0 Å². The molecule has 0 amide bonds. The number of nitrogens with zero attached hydrogens (tertiary/aromatic N) is 1. The Hall–Kier alpha value is -0.570. The molecule has 1 saturated heterocycles. The highest BCUT2D eigenvalue weighted by atomic mass is 16.4. The molecule has 2 aliphatic rings. The molecular formula is C12H21NO2. The van der Waals surface area contributed by atoms with E-state index in [2.05, 4.69) is 4.90 Å². The second-order valence-electron chi connectivity index (χ2n) is 5.36. The summed E-state index contributed by atoms with van der Waals surface area (Å²) in [6.07, 6.45) is 5.48. The van der Waals surface area contributed by atoms with Gasteiger partial charge in [-0.2, -0.15) is 0 Å². The summed E-state index contributed by atoms with van der Waals surface area (Å²) in [7, 11) is 0. The fourth-order valence-electron chi connectivity index (χ4n) is 3.15. The van der Waals surface area contributed by atoms with Crippen molar-refractivity contribution in [3.8, 4) is 0 Å². The molecule has 2 fully saturated rings. The van der Waals surface area contributed by atoms with Crippen LogP contribution in [0.4, 0.5) is 0 Å². The van der Waals surface area contributed by atoms with Crippen LogP contribution in [-0.4, -0.2) is 35.6 Å². The Morgan fingerprint density at radius 3 is 2.53 bits per heavy atom.